The summed E-state index contributed by atoms with van der Waals surface area (Å²) in [6.45, 7) is 12.4. The highest BCUT2D eigenvalue weighted by atomic mass is 16.3. The van der Waals surface area contributed by atoms with Gasteiger partial charge >= 0.3 is 0 Å². The molecule has 2 heteroatoms. The monoisotopic (exact) mass is 322 g/mol. The van der Waals surface area contributed by atoms with Crippen LogP contribution in [0.5, 0.6) is 0 Å². The third kappa shape index (κ3) is 9.76. The van der Waals surface area contributed by atoms with E-state index in [2.05, 4.69) is 46.4 Å². The van der Waals surface area contributed by atoms with Gasteiger partial charge in [0.15, 0.2) is 0 Å². The number of rotatable bonds is 8. The van der Waals surface area contributed by atoms with Crippen LogP contribution in [-0.4, -0.2) is 17.0 Å². The van der Waals surface area contributed by atoms with Crippen LogP contribution < -0.4 is 0 Å². The Morgan fingerprint density at radius 3 is 2.48 bits per heavy atom. The quantitative estimate of drug-likeness (QED) is 0.581. The van der Waals surface area contributed by atoms with Crippen molar-refractivity contribution in [1.82, 2.24) is 0 Å². The lowest BCUT2D eigenvalue weighted by Gasteiger charge is -2.33. The van der Waals surface area contributed by atoms with Gasteiger partial charge in [0, 0.05) is 12.3 Å². The summed E-state index contributed by atoms with van der Waals surface area (Å²) in [5, 5.41) is 10.3. The van der Waals surface area contributed by atoms with Gasteiger partial charge in [-0.2, -0.15) is 0 Å². The maximum Gasteiger partial charge on any atom is 0.138 e. The fourth-order valence-corrected chi connectivity index (χ4v) is 2.97. The highest BCUT2D eigenvalue weighted by molar-refractivity contribution is 5.82. The Morgan fingerprint density at radius 2 is 1.96 bits per heavy atom. The van der Waals surface area contributed by atoms with Gasteiger partial charge in [0.1, 0.15) is 5.78 Å². The molecule has 1 aliphatic rings. The second-order valence-electron chi connectivity index (χ2n) is 6.99. The molecule has 0 bridgehead atoms. The molecule has 134 valence electrons. The fourth-order valence-electron chi connectivity index (χ4n) is 2.97. The zero-order valence-corrected chi connectivity index (χ0v) is 15.8. The maximum atomic E-state index is 12.0. The van der Waals surface area contributed by atoms with Crippen molar-refractivity contribution in [3.05, 3.63) is 24.8 Å². The highest BCUT2D eigenvalue weighted by Crippen LogP contribution is 2.33. The molecular weight excluding hydrogens is 284 g/mol. The van der Waals surface area contributed by atoms with Gasteiger partial charge in [-0.3, -0.25) is 4.79 Å². The first kappa shape index (κ1) is 22.1. The first-order chi connectivity index (χ1) is 11.0. The predicted octanol–water partition coefficient (Wildman–Crippen LogP) is 5.71. The molecule has 0 aromatic heterocycles. The van der Waals surface area contributed by atoms with Crippen molar-refractivity contribution in [3.63, 3.8) is 0 Å². The molecule has 0 aromatic carbocycles. The molecule has 1 aliphatic carbocycles. The molecule has 0 aromatic rings. The molecule has 0 spiro atoms. The molecule has 3 atom stereocenters. The summed E-state index contributed by atoms with van der Waals surface area (Å²) >= 11 is 0. The number of unbranched alkanes of at least 4 members (excludes halogenated alkanes) is 1. The standard InChI is InChI=1S/C17H28O2.C4H10/c1-4-8-14-10-7-12-16(19)17(14)15(18)11-6-5-9-13(2)3;1-3-4-2/h4-5,9,13-15,17-18H,1,6-8,10-12H2,2-3H3;3-4H2,1-2H3/b9-5+;. The maximum absolute atomic E-state index is 12.0. The number of hydrogen-bond acceptors (Lipinski definition) is 2. The van der Waals surface area contributed by atoms with Gasteiger partial charge in [0.25, 0.3) is 0 Å². The summed E-state index contributed by atoms with van der Waals surface area (Å²) in [6, 6.07) is 0. The smallest absolute Gasteiger partial charge is 0.138 e. The minimum atomic E-state index is -0.491. The Kier molecular flexibility index (Phi) is 13.0. The van der Waals surface area contributed by atoms with Crippen molar-refractivity contribution in [2.45, 2.75) is 85.2 Å². The molecule has 3 unspecified atom stereocenters. The van der Waals surface area contributed by atoms with Gasteiger partial charge in [-0.25, -0.2) is 0 Å². The van der Waals surface area contributed by atoms with Crippen LogP contribution in [0.3, 0.4) is 0 Å². The molecule has 1 rings (SSSR count). The molecule has 0 amide bonds. The van der Waals surface area contributed by atoms with Crippen molar-refractivity contribution >= 4 is 5.78 Å². The molecule has 0 heterocycles. The molecule has 23 heavy (non-hydrogen) atoms. The van der Waals surface area contributed by atoms with E-state index in [1.165, 1.54) is 12.8 Å². The van der Waals surface area contributed by atoms with E-state index in [1.54, 1.807) is 0 Å². The van der Waals surface area contributed by atoms with Gasteiger partial charge < -0.3 is 5.11 Å². The van der Waals surface area contributed by atoms with E-state index in [0.717, 1.165) is 25.7 Å². The predicted molar refractivity (Wildman–Crippen MR) is 100 cm³/mol. The minimum absolute atomic E-state index is 0.167. The molecule has 0 saturated heterocycles. The average Bonchev–Trinajstić information content (AvgIpc) is 2.52. The van der Waals surface area contributed by atoms with Crippen LogP contribution in [0.25, 0.3) is 0 Å². The molecule has 1 saturated carbocycles. The summed E-state index contributed by atoms with van der Waals surface area (Å²) in [5.41, 5.74) is 0. The van der Waals surface area contributed by atoms with Crippen LogP contribution in [0.1, 0.15) is 79.1 Å². The molecular formula is C21H38O2. The minimum Gasteiger partial charge on any atom is -0.392 e. The molecule has 0 aliphatic heterocycles. The summed E-state index contributed by atoms with van der Waals surface area (Å²) in [6.07, 6.45) is 13.3. The Bertz CT molecular complexity index is 342. The van der Waals surface area contributed by atoms with Crippen LogP contribution in [0.15, 0.2) is 24.8 Å². The summed E-state index contributed by atoms with van der Waals surface area (Å²) in [4.78, 5) is 12.0. The molecule has 1 fully saturated rings. The van der Waals surface area contributed by atoms with E-state index in [0.29, 0.717) is 24.7 Å². The van der Waals surface area contributed by atoms with Gasteiger partial charge in [0.05, 0.1) is 6.10 Å². The number of carbonyl (C=O) groups is 1. The Hall–Kier alpha value is -0.890. The Morgan fingerprint density at radius 1 is 1.30 bits per heavy atom. The lowest BCUT2D eigenvalue weighted by Crippen LogP contribution is -2.37. The summed E-state index contributed by atoms with van der Waals surface area (Å²) in [7, 11) is 0. The normalized spacial score (nSPS) is 22.8. The second-order valence-corrected chi connectivity index (χ2v) is 6.99. The SMILES string of the molecule is C=CCC1CCCC(=O)C1C(O)CC/C=C/C(C)C.CCCC. The van der Waals surface area contributed by atoms with Gasteiger partial charge in [-0.1, -0.05) is 58.8 Å². The summed E-state index contributed by atoms with van der Waals surface area (Å²) < 4.78 is 0. The van der Waals surface area contributed by atoms with E-state index in [-0.39, 0.29) is 11.7 Å². The van der Waals surface area contributed by atoms with Crippen molar-refractivity contribution < 1.29 is 9.90 Å². The number of carbonyl (C=O) groups excluding carboxylic acids is 1. The topological polar surface area (TPSA) is 37.3 Å². The van der Waals surface area contributed by atoms with Crippen molar-refractivity contribution in [2.75, 3.05) is 0 Å². The summed E-state index contributed by atoms with van der Waals surface area (Å²) in [5.74, 6) is 0.919. The van der Waals surface area contributed by atoms with Crippen LogP contribution in [0, 0.1) is 17.8 Å². The van der Waals surface area contributed by atoms with Gasteiger partial charge in [0.2, 0.25) is 0 Å². The van der Waals surface area contributed by atoms with Crippen LogP contribution in [0.2, 0.25) is 0 Å². The lowest BCUT2D eigenvalue weighted by atomic mass is 9.73. The average molecular weight is 323 g/mol. The largest absolute Gasteiger partial charge is 0.392 e. The lowest BCUT2D eigenvalue weighted by molar-refractivity contribution is -0.131. The second kappa shape index (κ2) is 13.5. The number of allylic oxidation sites excluding steroid dienone is 3. The van der Waals surface area contributed by atoms with Gasteiger partial charge in [-0.05, 0) is 43.9 Å². The molecule has 2 nitrogen and oxygen atoms in total. The zero-order valence-electron chi connectivity index (χ0n) is 15.8. The van der Waals surface area contributed by atoms with Crippen LogP contribution >= 0.6 is 0 Å². The van der Waals surface area contributed by atoms with Crippen molar-refractivity contribution in [2.24, 2.45) is 17.8 Å². The zero-order chi connectivity index (χ0) is 17.7. The molecule has 1 N–H and O–H groups in total. The highest BCUT2D eigenvalue weighted by Gasteiger charge is 2.35. The van der Waals surface area contributed by atoms with Crippen LogP contribution in [-0.2, 0) is 4.79 Å². The van der Waals surface area contributed by atoms with E-state index in [1.807, 2.05) is 6.08 Å². The van der Waals surface area contributed by atoms with E-state index < -0.39 is 6.10 Å². The fraction of sp³-hybridized carbons (Fsp3) is 0.762. The van der Waals surface area contributed by atoms with Crippen LogP contribution in [0.4, 0.5) is 0 Å². The van der Waals surface area contributed by atoms with Crippen molar-refractivity contribution in [1.29, 1.82) is 0 Å². The first-order valence-corrected chi connectivity index (χ1v) is 9.46. The van der Waals surface area contributed by atoms with E-state index in [9.17, 15) is 9.90 Å². The van der Waals surface area contributed by atoms with E-state index >= 15 is 0 Å². The number of Topliss-reactive ketones (excluding diaryl/α,β-unsaturated/α-hetero) is 1. The van der Waals surface area contributed by atoms with E-state index in [4.69, 9.17) is 0 Å². The van der Waals surface area contributed by atoms with Crippen molar-refractivity contribution in [3.8, 4) is 0 Å². The number of aliphatic hydroxyl groups is 1. The number of ketones is 1. The number of hydrogen-bond donors (Lipinski definition) is 1. The van der Waals surface area contributed by atoms with Gasteiger partial charge in [-0.15, -0.1) is 6.58 Å². The third-order valence-electron chi connectivity index (χ3n) is 4.41. The number of aliphatic hydroxyl groups excluding tert-OH is 1. The molecule has 0 radical (unpaired) electrons. The third-order valence-corrected chi connectivity index (χ3v) is 4.41. The Labute approximate surface area is 144 Å². The Balaban J connectivity index is 0.00000108. The first-order valence-electron chi connectivity index (χ1n) is 9.46.